The molecule has 1 aliphatic rings. The molecule has 0 fully saturated rings. The van der Waals surface area contributed by atoms with E-state index in [4.69, 9.17) is 4.74 Å². The van der Waals surface area contributed by atoms with E-state index < -0.39 is 0 Å². The van der Waals surface area contributed by atoms with Crippen molar-refractivity contribution in [3.8, 4) is 11.5 Å². The van der Waals surface area contributed by atoms with Gasteiger partial charge in [-0.05, 0) is 48.2 Å². The number of amides is 2. The van der Waals surface area contributed by atoms with E-state index in [1.54, 1.807) is 17.0 Å². The molecule has 0 bridgehead atoms. The van der Waals surface area contributed by atoms with E-state index in [9.17, 15) is 9.90 Å². The second kappa shape index (κ2) is 8.43. The number of para-hydroxylation sites is 1. The fourth-order valence-electron chi connectivity index (χ4n) is 2.94. The second-order valence-corrected chi connectivity index (χ2v) is 6.32. The summed E-state index contributed by atoms with van der Waals surface area (Å²) in [5, 5.41) is 12.3. The van der Waals surface area contributed by atoms with E-state index in [0.717, 1.165) is 23.3 Å². The third-order valence-electron chi connectivity index (χ3n) is 4.46. The monoisotopic (exact) mass is 352 g/mol. The lowest BCUT2D eigenvalue weighted by Crippen LogP contribution is -2.43. The lowest BCUT2D eigenvalue weighted by molar-refractivity contribution is 0.199. The average Bonchev–Trinajstić information content (AvgIpc) is 2.67. The molecule has 0 saturated heterocycles. The Hall–Kier alpha value is -2.95. The third kappa shape index (κ3) is 4.57. The average molecular weight is 352 g/mol. The zero-order chi connectivity index (χ0) is 18.4. The Labute approximate surface area is 153 Å². The fourth-order valence-corrected chi connectivity index (χ4v) is 2.94. The van der Waals surface area contributed by atoms with Gasteiger partial charge in [0.25, 0.3) is 0 Å². The van der Waals surface area contributed by atoms with Crippen molar-refractivity contribution in [2.75, 3.05) is 26.2 Å². The Morgan fingerprint density at radius 2 is 1.96 bits per heavy atom. The number of rotatable bonds is 5. The van der Waals surface area contributed by atoms with Crippen LogP contribution in [0.1, 0.15) is 17.5 Å². The molecule has 2 amide bonds. The number of phenols is 1. The third-order valence-corrected chi connectivity index (χ3v) is 4.46. The Kier molecular flexibility index (Phi) is 5.79. The van der Waals surface area contributed by atoms with Gasteiger partial charge in [-0.3, -0.25) is 0 Å². The molecule has 0 saturated carbocycles. The van der Waals surface area contributed by atoms with Crippen molar-refractivity contribution in [1.82, 2.24) is 10.2 Å². The van der Waals surface area contributed by atoms with Crippen LogP contribution in [0.2, 0.25) is 0 Å². The lowest BCUT2D eigenvalue weighted by Gasteiger charge is -2.27. The summed E-state index contributed by atoms with van der Waals surface area (Å²) in [7, 11) is 0. The molecule has 0 aromatic heterocycles. The molecule has 136 valence electrons. The number of hydrogen-bond donors (Lipinski definition) is 2. The minimum absolute atomic E-state index is 0.0700. The van der Waals surface area contributed by atoms with Gasteiger partial charge in [-0.15, -0.1) is 0 Å². The smallest absolute Gasteiger partial charge is 0.317 e. The van der Waals surface area contributed by atoms with Gasteiger partial charge in [0.1, 0.15) is 18.1 Å². The quantitative estimate of drug-likeness (QED) is 0.809. The van der Waals surface area contributed by atoms with Crippen LogP contribution in [0.5, 0.6) is 11.5 Å². The summed E-state index contributed by atoms with van der Waals surface area (Å²) < 4.78 is 5.69. The number of aromatic hydroxyl groups is 1. The maximum absolute atomic E-state index is 12.3. The van der Waals surface area contributed by atoms with Crippen molar-refractivity contribution in [2.45, 2.75) is 13.3 Å². The number of benzene rings is 2. The summed E-state index contributed by atoms with van der Waals surface area (Å²) in [5.41, 5.74) is 3.38. The number of nitrogens with one attached hydrogen (secondary N) is 1. The number of phenolic OH excluding ortho intramolecular Hbond substituents is 1. The minimum Gasteiger partial charge on any atom is -0.508 e. The highest BCUT2D eigenvalue weighted by molar-refractivity contribution is 5.76. The number of nitrogens with zero attached hydrogens (tertiary/aromatic N) is 1. The Bertz CT molecular complexity index is 784. The van der Waals surface area contributed by atoms with Gasteiger partial charge in [0, 0.05) is 13.1 Å². The van der Waals surface area contributed by atoms with Crippen LogP contribution in [0.3, 0.4) is 0 Å². The molecule has 3 rings (SSSR count). The molecule has 0 radical (unpaired) electrons. The summed E-state index contributed by atoms with van der Waals surface area (Å²) in [6.07, 6.45) is 2.87. The summed E-state index contributed by atoms with van der Waals surface area (Å²) in [6.45, 7) is 4.18. The highest BCUT2D eigenvalue weighted by Crippen LogP contribution is 2.24. The van der Waals surface area contributed by atoms with Crippen LogP contribution in [-0.2, 0) is 0 Å². The van der Waals surface area contributed by atoms with Crippen molar-refractivity contribution < 1.29 is 14.6 Å². The maximum Gasteiger partial charge on any atom is 0.317 e. The Morgan fingerprint density at radius 1 is 1.19 bits per heavy atom. The number of carbonyl (C=O) groups is 1. The predicted octanol–water partition coefficient (Wildman–Crippen LogP) is 3.58. The Balaban J connectivity index is 1.43. The highest BCUT2D eigenvalue weighted by atomic mass is 16.5. The highest BCUT2D eigenvalue weighted by Gasteiger charge is 2.17. The van der Waals surface area contributed by atoms with Crippen LogP contribution in [0.4, 0.5) is 4.79 Å². The molecule has 1 heterocycles. The van der Waals surface area contributed by atoms with Crippen LogP contribution >= 0.6 is 0 Å². The van der Waals surface area contributed by atoms with Gasteiger partial charge >= 0.3 is 6.03 Å². The molecule has 5 heteroatoms. The summed E-state index contributed by atoms with van der Waals surface area (Å²) in [5.74, 6) is 1.11. The summed E-state index contributed by atoms with van der Waals surface area (Å²) in [4.78, 5) is 14.1. The van der Waals surface area contributed by atoms with Crippen molar-refractivity contribution in [1.29, 1.82) is 0 Å². The fraction of sp³-hybridized carbons (Fsp3) is 0.286. The number of carbonyl (C=O) groups excluding carboxylic acids is 1. The first-order valence-corrected chi connectivity index (χ1v) is 8.83. The zero-order valence-electron chi connectivity index (χ0n) is 14.9. The van der Waals surface area contributed by atoms with Crippen LogP contribution in [0.25, 0.3) is 5.57 Å². The SMILES string of the molecule is Cc1ccccc1OCCNC(=O)N1CC=C(c2ccc(O)cc2)CC1. The van der Waals surface area contributed by atoms with E-state index >= 15 is 0 Å². The van der Waals surface area contributed by atoms with Crippen molar-refractivity contribution in [2.24, 2.45) is 0 Å². The van der Waals surface area contributed by atoms with Crippen molar-refractivity contribution in [3.63, 3.8) is 0 Å². The van der Waals surface area contributed by atoms with Gasteiger partial charge < -0.3 is 20.1 Å². The van der Waals surface area contributed by atoms with Crippen LogP contribution in [-0.4, -0.2) is 42.3 Å². The van der Waals surface area contributed by atoms with Crippen LogP contribution in [0.15, 0.2) is 54.6 Å². The standard InChI is InChI=1S/C21H24N2O3/c1-16-4-2-3-5-20(16)26-15-12-22-21(25)23-13-10-18(11-14-23)17-6-8-19(24)9-7-17/h2-10,24H,11-15H2,1H3,(H,22,25). The molecule has 26 heavy (non-hydrogen) atoms. The molecule has 0 atom stereocenters. The van der Waals surface area contributed by atoms with Gasteiger partial charge in [-0.1, -0.05) is 36.4 Å². The van der Waals surface area contributed by atoms with Crippen molar-refractivity contribution >= 4 is 11.6 Å². The van der Waals surface area contributed by atoms with Crippen LogP contribution < -0.4 is 10.1 Å². The van der Waals surface area contributed by atoms with Crippen LogP contribution in [0, 0.1) is 6.92 Å². The minimum atomic E-state index is -0.0700. The van der Waals surface area contributed by atoms with Crippen molar-refractivity contribution in [3.05, 3.63) is 65.7 Å². The normalized spacial score (nSPS) is 13.9. The number of hydrogen-bond acceptors (Lipinski definition) is 3. The molecule has 0 unspecified atom stereocenters. The van der Waals surface area contributed by atoms with Gasteiger partial charge in [0.2, 0.25) is 0 Å². The van der Waals surface area contributed by atoms with Gasteiger partial charge in [-0.2, -0.15) is 0 Å². The topological polar surface area (TPSA) is 61.8 Å². The first-order chi connectivity index (χ1) is 12.6. The maximum atomic E-state index is 12.3. The molecular formula is C21H24N2O3. The van der Waals surface area contributed by atoms with Gasteiger partial charge in [0.15, 0.2) is 0 Å². The lowest BCUT2D eigenvalue weighted by atomic mass is 9.99. The molecule has 2 N–H and O–H groups in total. The molecule has 5 nitrogen and oxygen atoms in total. The number of ether oxygens (including phenoxy) is 1. The second-order valence-electron chi connectivity index (χ2n) is 6.32. The molecule has 0 aliphatic carbocycles. The zero-order valence-corrected chi connectivity index (χ0v) is 14.9. The van der Waals surface area contributed by atoms with E-state index in [-0.39, 0.29) is 11.8 Å². The largest absolute Gasteiger partial charge is 0.508 e. The predicted molar refractivity (Wildman–Crippen MR) is 102 cm³/mol. The van der Waals surface area contributed by atoms with Gasteiger partial charge in [-0.25, -0.2) is 4.79 Å². The molecular weight excluding hydrogens is 328 g/mol. The van der Waals surface area contributed by atoms with E-state index in [2.05, 4.69) is 11.4 Å². The first kappa shape index (κ1) is 17.9. The summed E-state index contributed by atoms with van der Waals surface area (Å²) >= 11 is 0. The molecule has 2 aromatic rings. The van der Waals surface area contributed by atoms with E-state index in [1.807, 2.05) is 43.3 Å². The first-order valence-electron chi connectivity index (χ1n) is 8.83. The van der Waals surface area contributed by atoms with E-state index in [1.165, 1.54) is 5.57 Å². The number of urea groups is 1. The number of aryl methyl sites for hydroxylation is 1. The van der Waals surface area contributed by atoms with E-state index in [0.29, 0.717) is 26.2 Å². The molecule has 2 aromatic carbocycles. The Morgan fingerprint density at radius 3 is 2.65 bits per heavy atom. The molecule has 0 spiro atoms. The molecule has 1 aliphatic heterocycles. The van der Waals surface area contributed by atoms with Gasteiger partial charge in [0.05, 0.1) is 6.54 Å². The summed E-state index contributed by atoms with van der Waals surface area (Å²) in [6, 6.07) is 14.9.